The van der Waals surface area contributed by atoms with Gasteiger partial charge in [0.2, 0.25) is 0 Å². The number of halogens is 1. The van der Waals surface area contributed by atoms with Gasteiger partial charge in [0.25, 0.3) is 0 Å². The number of aromatic amines is 1. The summed E-state index contributed by atoms with van der Waals surface area (Å²) in [5, 5.41) is 12.3. The molecule has 2 fully saturated rings. The van der Waals surface area contributed by atoms with E-state index in [2.05, 4.69) is 39.6 Å². The van der Waals surface area contributed by atoms with Crippen molar-refractivity contribution >= 4 is 43.7 Å². The molecule has 2 unspecified atom stereocenters. The molecule has 1 aromatic carbocycles. The van der Waals surface area contributed by atoms with Crippen molar-refractivity contribution in [1.82, 2.24) is 15.2 Å². The summed E-state index contributed by atoms with van der Waals surface area (Å²) in [6.07, 6.45) is 5.07. The van der Waals surface area contributed by atoms with Crippen LogP contribution in [0.25, 0.3) is 21.9 Å². The Bertz CT molecular complexity index is 1110. The molecular weight excluding hydrogens is 446 g/mol. The van der Waals surface area contributed by atoms with Gasteiger partial charge < -0.3 is 0 Å². The number of pyridine rings is 1. The van der Waals surface area contributed by atoms with Crippen LogP contribution in [0, 0.1) is 11.8 Å². The Morgan fingerprint density at radius 3 is 2.90 bits per heavy atom. The van der Waals surface area contributed by atoms with Crippen LogP contribution in [0.15, 0.2) is 30.6 Å². The number of H-pyrrole nitrogens is 1. The molecule has 2 N–H and O–H groups in total. The second-order valence-electron chi connectivity index (χ2n) is 8.39. The third-order valence-corrected chi connectivity index (χ3v) is 6.96. The van der Waals surface area contributed by atoms with Gasteiger partial charge in [0, 0.05) is 0 Å². The fourth-order valence-electron chi connectivity index (χ4n) is 4.04. The molecule has 6 nitrogen and oxygen atoms in total. The number of rotatable bonds is 4. The van der Waals surface area contributed by atoms with Gasteiger partial charge in [-0.25, -0.2) is 0 Å². The Morgan fingerprint density at radius 2 is 2.17 bits per heavy atom. The molecule has 0 radical (unpaired) electrons. The predicted molar refractivity (Wildman–Crippen MR) is 116 cm³/mol. The summed E-state index contributed by atoms with van der Waals surface area (Å²) in [4.78, 5) is 16.4. The van der Waals surface area contributed by atoms with Crippen LogP contribution in [-0.2, 0) is 9.53 Å². The average Bonchev–Trinajstić information content (AvgIpc) is 3.26. The number of carbonyl (C=O) groups excluding carboxylic acids is 1. The van der Waals surface area contributed by atoms with Gasteiger partial charge in [-0.2, -0.15) is 0 Å². The predicted octanol–water partition coefficient (Wildman–Crippen LogP) is 2.67. The number of aromatic nitrogens is 3. The average molecular weight is 470 g/mol. The normalized spacial score (nSPS) is 26.0. The Kier molecular flexibility index (Phi) is 5.11. The molecule has 30 heavy (non-hydrogen) atoms. The monoisotopic (exact) mass is 470 g/mol. The number of nitrogens with one attached hydrogen (secondary N) is 2. The van der Waals surface area contributed by atoms with Gasteiger partial charge in [-0.3, -0.25) is 0 Å². The van der Waals surface area contributed by atoms with E-state index in [4.69, 9.17) is 4.74 Å². The molecule has 3 heterocycles. The number of amides is 1. The number of carbonyl (C=O) groups is 1. The second kappa shape index (κ2) is 7.78. The van der Waals surface area contributed by atoms with Gasteiger partial charge in [0.15, 0.2) is 0 Å². The first-order chi connectivity index (χ1) is 14.5. The van der Waals surface area contributed by atoms with Crippen LogP contribution in [-0.4, -0.2) is 50.7 Å². The van der Waals surface area contributed by atoms with Gasteiger partial charge in [-0.05, 0) is 0 Å². The van der Waals surface area contributed by atoms with Crippen molar-refractivity contribution in [3.05, 3.63) is 36.3 Å². The molecular formula is C22H24AsFN4O2. The van der Waals surface area contributed by atoms with Gasteiger partial charge in [0.05, 0.1) is 0 Å². The molecule has 2 aromatic heterocycles. The molecule has 3 aromatic rings. The van der Waals surface area contributed by atoms with Crippen molar-refractivity contribution in [2.45, 2.75) is 38.5 Å². The van der Waals surface area contributed by atoms with E-state index >= 15 is 0 Å². The van der Waals surface area contributed by atoms with Crippen molar-refractivity contribution in [3.8, 4) is 11.1 Å². The number of nitrogens with zero attached hydrogens (tertiary/aromatic N) is 2. The standard InChI is InChI=1S/C22H24AsFN4O2/c1-11-2-3-19(30-10-11)21-16(9-26-28-21)12-4-13-6-20(25-8-15(13)17(23)5-12)27-22(29)14-7-18(14)24/h4-6,8-9,11,14,18-19H,2-3,7,10,23H2,1H3,(H,26,28)(H,25,27,29)/t11-,14-,18+,19?/m0/s1. The molecule has 5 atom stereocenters. The van der Waals surface area contributed by atoms with Crippen LogP contribution in [0.3, 0.4) is 0 Å². The topological polar surface area (TPSA) is 79.9 Å². The van der Waals surface area contributed by atoms with Crippen molar-refractivity contribution in [2.75, 3.05) is 11.9 Å². The van der Waals surface area contributed by atoms with E-state index in [-0.39, 0.29) is 12.0 Å². The van der Waals surface area contributed by atoms with Crippen molar-refractivity contribution < 1.29 is 13.9 Å². The van der Waals surface area contributed by atoms with Gasteiger partial charge >= 0.3 is 182 Å². The number of ether oxygens (including phenoxy) is 1. The molecule has 8 heteroatoms. The van der Waals surface area contributed by atoms with E-state index in [9.17, 15) is 9.18 Å². The molecule has 2 aliphatic rings. The summed E-state index contributed by atoms with van der Waals surface area (Å²) in [6.45, 7) is 2.96. The zero-order valence-electron chi connectivity index (χ0n) is 16.7. The molecule has 156 valence electrons. The Labute approximate surface area is 182 Å². The fourth-order valence-corrected chi connectivity index (χ4v) is 4.92. The molecule has 0 bridgehead atoms. The molecule has 0 spiro atoms. The van der Waals surface area contributed by atoms with Gasteiger partial charge in [-0.15, -0.1) is 0 Å². The van der Waals surface area contributed by atoms with Gasteiger partial charge in [0.1, 0.15) is 0 Å². The van der Waals surface area contributed by atoms with E-state index in [0.717, 1.165) is 51.4 Å². The van der Waals surface area contributed by atoms with Crippen LogP contribution in [0.4, 0.5) is 10.2 Å². The van der Waals surface area contributed by atoms with Crippen LogP contribution in [0.5, 0.6) is 0 Å². The molecule has 5 rings (SSSR count). The number of fused-ring (bicyclic) bond motifs is 1. The number of anilines is 1. The minimum atomic E-state index is -1.02. The van der Waals surface area contributed by atoms with Crippen LogP contribution >= 0.6 is 0 Å². The van der Waals surface area contributed by atoms with Crippen molar-refractivity contribution in [1.29, 1.82) is 0 Å². The summed E-state index contributed by atoms with van der Waals surface area (Å²) < 4.78 is 20.4. The quantitative estimate of drug-likeness (QED) is 0.575. The van der Waals surface area contributed by atoms with E-state index < -0.39 is 12.1 Å². The van der Waals surface area contributed by atoms with Crippen LogP contribution in [0.1, 0.15) is 38.0 Å². The minimum absolute atomic E-state index is 0.00319. The molecule has 1 amide bonds. The number of hydrogen-bond donors (Lipinski definition) is 2. The maximum absolute atomic E-state index is 13.2. The van der Waals surface area contributed by atoms with E-state index in [0.29, 0.717) is 18.2 Å². The first-order valence-corrected chi connectivity index (χ1v) is 11.5. The first kappa shape index (κ1) is 19.7. The Hall–Kier alpha value is -2.24. The maximum atomic E-state index is 13.2. The fraction of sp³-hybridized carbons (Fsp3) is 0.409. The zero-order valence-corrected chi connectivity index (χ0v) is 19.1. The number of benzene rings is 1. The van der Waals surface area contributed by atoms with Gasteiger partial charge in [-0.1, -0.05) is 0 Å². The SMILES string of the molecule is C[C@H]1CCC(c2n[nH]cc2-c2cc([AsH2])c3cnc(NC(=O)[C@H]4C[C@H]4F)cc3c2)OC1. The summed E-state index contributed by atoms with van der Waals surface area (Å²) >= 11 is 1.51. The molecule has 1 aliphatic heterocycles. The molecule has 1 saturated carbocycles. The van der Waals surface area contributed by atoms with E-state index in [1.807, 2.05) is 12.3 Å². The Balaban J connectivity index is 1.47. The third-order valence-electron chi connectivity index (χ3n) is 5.96. The third kappa shape index (κ3) is 3.77. The summed E-state index contributed by atoms with van der Waals surface area (Å²) in [5.41, 5.74) is 3.04. The summed E-state index contributed by atoms with van der Waals surface area (Å²) in [5.74, 6) is 0.198. The second-order valence-corrected chi connectivity index (χ2v) is 9.70. The van der Waals surface area contributed by atoms with Crippen LogP contribution in [0.2, 0.25) is 0 Å². The number of hydrogen-bond acceptors (Lipinski definition) is 4. The number of alkyl halides is 1. The zero-order chi connectivity index (χ0) is 20.8. The Morgan fingerprint density at radius 1 is 1.33 bits per heavy atom. The molecule has 1 saturated heterocycles. The van der Waals surface area contributed by atoms with Crippen molar-refractivity contribution in [2.24, 2.45) is 11.8 Å². The van der Waals surface area contributed by atoms with Crippen molar-refractivity contribution in [3.63, 3.8) is 0 Å². The van der Waals surface area contributed by atoms with E-state index in [1.54, 1.807) is 6.20 Å². The summed E-state index contributed by atoms with van der Waals surface area (Å²) in [7, 11) is 0. The van der Waals surface area contributed by atoms with E-state index in [1.165, 1.54) is 16.9 Å². The molecule has 1 aliphatic carbocycles. The summed E-state index contributed by atoms with van der Waals surface area (Å²) in [6, 6.07) is 6.10. The van der Waals surface area contributed by atoms with Crippen LogP contribution < -0.4 is 9.67 Å². The first-order valence-electron chi connectivity index (χ1n) is 10.3.